The number of hydrogen-bond acceptors (Lipinski definition) is 3. The van der Waals surface area contributed by atoms with Crippen molar-refractivity contribution in [1.29, 1.82) is 0 Å². The van der Waals surface area contributed by atoms with Crippen molar-refractivity contribution in [3.63, 3.8) is 0 Å². The fourth-order valence-electron chi connectivity index (χ4n) is 2.33. The van der Waals surface area contributed by atoms with Crippen LogP contribution in [0, 0.1) is 5.92 Å². The lowest BCUT2D eigenvalue weighted by Gasteiger charge is -2.21. The predicted molar refractivity (Wildman–Crippen MR) is 63.7 cm³/mol. The van der Waals surface area contributed by atoms with Gasteiger partial charge in [0.1, 0.15) is 5.82 Å². The molecule has 1 aromatic rings. The molecule has 0 aliphatic heterocycles. The molecule has 1 aliphatic rings. The zero-order valence-electron chi connectivity index (χ0n) is 9.24. The highest BCUT2D eigenvalue weighted by Gasteiger charge is 2.21. The maximum Gasteiger partial charge on any atom is 0.123 e. The highest BCUT2D eigenvalue weighted by Crippen LogP contribution is 2.29. The number of anilines is 2. The average Bonchev–Trinajstić information content (AvgIpc) is 2.74. The number of nitrogen functional groups attached to an aromatic ring is 1. The van der Waals surface area contributed by atoms with Crippen molar-refractivity contribution in [3.8, 4) is 0 Å². The van der Waals surface area contributed by atoms with Gasteiger partial charge in [0.05, 0.1) is 11.9 Å². The van der Waals surface area contributed by atoms with E-state index in [0.717, 1.165) is 11.6 Å². The molecule has 0 bridgehead atoms. The lowest BCUT2D eigenvalue weighted by Crippen LogP contribution is -2.23. The molecule has 2 rings (SSSR count). The zero-order valence-corrected chi connectivity index (χ0v) is 9.24. The number of nitrogens with two attached hydrogens (primary N) is 1. The summed E-state index contributed by atoms with van der Waals surface area (Å²) < 4.78 is 0. The van der Waals surface area contributed by atoms with E-state index in [1.165, 1.54) is 25.7 Å². The minimum Gasteiger partial charge on any atom is -0.384 e. The van der Waals surface area contributed by atoms with E-state index in [9.17, 15) is 0 Å². The molecular formula is C12H19N3. The molecule has 0 saturated heterocycles. The van der Waals surface area contributed by atoms with Gasteiger partial charge in [-0.1, -0.05) is 12.8 Å². The summed E-state index contributed by atoms with van der Waals surface area (Å²) in [5, 5.41) is 3.49. The van der Waals surface area contributed by atoms with Gasteiger partial charge in [0, 0.05) is 6.04 Å². The highest BCUT2D eigenvalue weighted by atomic mass is 14.9. The first-order chi connectivity index (χ1) is 7.25. The van der Waals surface area contributed by atoms with Crippen molar-refractivity contribution in [3.05, 3.63) is 18.3 Å². The maximum absolute atomic E-state index is 5.54. The number of nitrogens with one attached hydrogen (secondary N) is 1. The van der Waals surface area contributed by atoms with Crippen LogP contribution in [0.5, 0.6) is 0 Å². The summed E-state index contributed by atoms with van der Waals surface area (Å²) in [5.41, 5.74) is 6.61. The molecule has 0 radical (unpaired) electrons. The Morgan fingerprint density at radius 2 is 2.13 bits per heavy atom. The minimum absolute atomic E-state index is 0.540. The van der Waals surface area contributed by atoms with Crippen molar-refractivity contribution in [2.45, 2.75) is 38.6 Å². The molecule has 1 aliphatic carbocycles. The molecule has 1 heterocycles. The number of hydrogen-bond donors (Lipinski definition) is 2. The first-order valence-corrected chi connectivity index (χ1v) is 5.74. The molecule has 3 N–H and O–H groups in total. The van der Waals surface area contributed by atoms with Gasteiger partial charge in [0.2, 0.25) is 0 Å². The van der Waals surface area contributed by atoms with Crippen molar-refractivity contribution in [2.75, 3.05) is 11.1 Å². The van der Waals surface area contributed by atoms with Crippen LogP contribution in [0.1, 0.15) is 32.6 Å². The molecular weight excluding hydrogens is 186 g/mol. The summed E-state index contributed by atoms with van der Waals surface area (Å²) in [6.07, 6.45) is 7.29. The van der Waals surface area contributed by atoms with Crippen LogP contribution in [0.4, 0.5) is 11.5 Å². The average molecular weight is 205 g/mol. The van der Waals surface area contributed by atoms with E-state index in [-0.39, 0.29) is 0 Å². The summed E-state index contributed by atoms with van der Waals surface area (Å²) in [4.78, 5) is 4.07. The molecule has 1 unspecified atom stereocenters. The van der Waals surface area contributed by atoms with Crippen LogP contribution in [0.15, 0.2) is 18.3 Å². The van der Waals surface area contributed by atoms with E-state index >= 15 is 0 Å². The molecule has 0 aromatic carbocycles. The second-order valence-corrected chi connectivity index (χ2v) is 4.45. The van der Waals surface area contributed by atoms with Gasteiger partial charge in [-0.2, -0.15) is 0 Å². The van der Waals surface area contributed by atoms with Gasteiger partial charge < -0.3 is 11.1 Å². The van der Waals surface area contributed by atoms with Crippen molar-refractivity contribution >= 4 is 11.5 Å². The molecule has 82 valence electrons. The fraction of sp³-hybridized carbons (Fsp3) is 0.583. The Bertz CT molecular complexity index is 301. The Kier molecular flexibility index (Phi) is 3.09. The standard InChI is InChI=1S/C12H19N3/c1-9(10-4-2-3-5-10)15-11-6-7-12(13)14-8-11/h6-10,15H,2-5H2,1H3,(H2,13,14). The van der Waals surface area contributed by atoms with E-state index in [4.69, 9.17) is 5.73 Å². The quantitative estimate of drug-likeness (QED) is 0.797. The van der Waals surface area contributed by atoms with E-state index < -0.39 is 0 Å². The topological polar surface area (TPSA) is 50.9 Å². The van der Waals surface area contributed by atoms with Crippen molar-refractivity contribution in [1.82, 2.24) is 4.98 Å². The van der Waals surface area contributed by atoms with Crippen molar-refractivity contribution in [2.24, 2.45) is 5.92 Å². The number of aromatic nitrogens is 1. The molecule has 3 nitrogen and oxygen atoms in total. The monoisotopic (exact) mass is 205 g/mol. The number of rotatable bonds is 3. The van der Waals surface area contributed by atoms with Gasteiger partial charge in [-0.3, -0.25) is 0 Å². The molecule has 1 saturated carbocycles. The lowest BCUT2D eigenvalue weighted by atomic mass is 10.00. The van der Waals surface area contributed by atoms with E-state index in [2.05, 4.69) is 17.2 Å². The molecule has 1 fully saturated rings. The largest absolute Gasteiger partial charge is 0.384 e. The molecule has 0 spiro atoms. The van der Waals surface area contributed by atoms with Crippen LogP contribution in [0.25, 0.3) is 0 Å². The van der Waals surface area contributed by atoms with Gasteiger partial charge in [-0.05, 0) is 37.8 Å². The first-order valence-electron chi connectivity index (χ1n) is 5.74. The number of nitrogens with zero attached hydrogens (tertiary/aromatic N) is 1. The highest BCUT2D eigenvalue weighted by molar-refractivity contribution is 5.45. The van der Waals surface area contributed by atoms with Crippen LogP contribution in [-0.2, 0) is 0 Å². The van der Waals surface area contributed by atoms with Crippen molar-refractivity contribution < 1.29 is 0 Å². The van der Waals surface area contributed by atoms with Gasteiger partial charge in [-0.15, -0.1) is 0 Å². The Morgan fingerprint density at radius 1 is 1.40 bits per heavy atom. The normalized spacial score (nSPS) is 19.0. The molecule has 0 amide bonds. The van der Waals surface area contributed by atoms with Crippen LogP contribution in [0.3, 0.4) is 0 Å². The lowest BCUT2D eigenvalue weighted by molar-refractivity contribution is 0.482. The Balaban J connectivity index is 1.92. The predicted octanol–water partition coefficient (Wildman–Crippen LogP) is 2.65. The van der Waals surface area contributed by atoms with Gasteiger partial charge >= 0.3 is 0 Å². The van der Waals surface area contributed by atoms with E-state index in [1.807, 2.05) is 12.1 Å². The van der Waals surface area contributed by atoms with E-state index in [1.54, 1.807) is 6.20 Å². The van der Waals surface area contributed by atoms with Gasteiger partial charge in [-0.25, -0.2) is 4.98 Å². The van der Waals surface area contributed by atoms with Gasteiger partial charge in [0.25, 0.3) is 0 Å². The van der Waals surface area contributed by atoms with Crippen LogP contribution >= 0.6 is 0 Å². The fourth-order valence-corrected chi connectivity index (χ4v) is 2.33. The minimum atomic E-state index is 0.540. The third kappa shape index (κ3) is 2.61. The van der Waals surface area contributed by atoms with Crippen LogP contribution in [0.2, 0.25) is 0 Å². The second-order valence-electron chi connectivity index (χ2n) is 4.45. The van der Waals surface area contributed by atoms with Crippen LogP contribution in [-0.4, -0.2) is 11.0 Å². The van der Waals surface area contributed by atoms with Gasteiger partial charge in [0.15, 0.2) is 0 Å². The SMILES string of the molecule is CC(Nc1ccc(N)nc1)C1CCCC1. The summed E-state index contributed by atoms with van der Waals surface area (Å²) in [6.45, 7) is 2.26. The third-order valence-electron chi connectivity index (χ3n) is 3.29. The molecule has 15 heavy (non-hydrogen) atoms. The molecule has 3 heteroatoms. The number of pyridine rings is 1. The Hall–Kier alpha value is -1.25. The smallest absolute Gasteiger partial charge is 0.123 e. The zero-order chi connectivity index (χ0) is 10.7. The second kappa shape index (κ2) is 4.51. The molecule has 1 atom stereocenters. The Morgan fingerprint density at radius 3 is 2.73 bits per heavy atom. The van der Waals surface area contributed by atoms with Crippen LogP contribution < -0.4 is 11.1 Å². The summed E-state index contributed by atoms with van der Waals surface area (Å²) in [7, 11) is 0. The summed E-state index contributed by atoms with van der Waals surface area (Å²) in [5.74, 6) is 1.40. The molecule has 1 aromatic heterocycles. The Labute approximate surface area is 91.1 Å². The summed E-state index contributed by atoms with van der Waals surface area (Å²) in [6, 6.07) is 4.37. The van der Waals surface area contributed by atoms with E-state index in [0.29, 0.717) is 11.9 Å². The maximum atomic E-state index is 5.54. The summed E-state index contributed by atoms with van der Waals surface area (Å²) >= 11 is 0. The first kappa shape index (κ1) is 10.3. The third-order valence-corrected chi connectivity index (χ3v) is 3.29.